The van der Waals surface area contributed by atoms with Gasteiger partial charge in [0.15, 0.2) is 13.4 Å². The van der Waals surface area contributed by atoms with E-state index in [9.17, 15) is 29.4 Å². The van der Waals surface area contributed by atoms with Gasteiger partial charge in [0.25, 0.3) is 5.91 Å². The van der Waals surface area contributed by atoms with Crippen molar-refractivity contribution in [2.45, 2.75) is 89.7 Å². The summed E-state index contributed by atoms with van der Waals surface area (Å²) in [4.78, 5) is 59.9. The van der Waals surface area contributed by atoms with E-state index in [1.807, 2.05) is 55.0 Å². The number of para-hydroxylation sites is 1. The van der Waals surface area contributed by atoms with E-state index in [4.69, 9.17) is 4.74 Å². The van der Waals surface area contributed by atoms with Gasteiger partial charge in [-0.3, -0.25) is 14.5 Å². The summed E-state index contributed by atoms with van der Waals surface area (Å²) in [6.07, 6.45) is 4.67. The normalized spacial score (nSPS) is 22.4. The molecular weight excluding hydrogens is 649 g/mol. The van der Waals surface area contributed by atoms with Crippen LogP contribution in [-0.2, 0) is 27.2 Å². The summed E-state index contributed by atoms with van der Waals surface area (Å²) in [6.45, 7) is 7.77. The lowest BCUT2D eigenvalue weighted by molar-refractivity contribution is -0.143. The number of carboxylic acid groups (broad SMARTS) is 1. The number of hydrogen-bond donors (Lipinski definition) is 3. The van der Waals surface area contributed by atoms with Crippen molar-refractivity contribution in [3.63, 3.8) is 0 Å². The number of phenolic OH excluding ortho intramolecular Hbond substituents is 1. The number of carbonyl (C=O) groups excluding carboxylic acids is 3. The Hall–Kier alpha value is -4.26. The minimum atomic E-state index is -1.02. The molecule has 2 aromatic rings. The van der Waals surface area contributed by atoms with E-state index in [0.717, 1.165) is 73.0 Å². The van der Waals surface area contributed by atoms with Gasteiger partial charge < -0.3 is 35.0 Å². The van der Waals surface area contributed by atoms with E-state index in [1.165, 1.54) is 0 Å². The molecule has 12 nitrogen and oxygen atoms in total. The Morgan fingerprint density at radius 3 is 2.31 bits per heavy atom. The Morgan fingerprint density at radius 1 is 0.922 bits per heavy atom. The number of likely N-dealkylation sites (tertiary alicyclic amines) is 1. The van der Waals surface area contributed by atoms with E-state index in [0.29, 0.717) is 58.9 Å². The molecule has 1 saturated carbocycles. The minimum Gasteiger partial charge on any atom is -0.508 e. The molecule has 51 heavy (non-hydrogen) atoms. The second kappa shape index (κ2) is 16.4. The number of anilines is 1. The molecule has 0 bridgehead atoms. The van der Waals surface area contributed by atoms with Crippen LogP contribution in [0.1, 0.15) is 61.6 Å². The summed E-state index contributed by atoms with van der Waals surface area (Å²) in [6, 6.07) is 11.9. The highest BCUT2D eigenvalue weighted by Gasteiger charge is 2.37. The van der Waals surface area contributed by atoms with Crippen molar-refractivity contribution in [3.8, 4) is 5.75 Å². The number of hydrogen-bond acceptors (Lipinski definition) is 7. The van der Waals surface area contributed by atoms with Gasteiger partial charge in [-0.1, -0.05) is 37.2 Å². The third-order valence-corrected chi connectivity index (χ3v) is 11.5. The molecule has 0 unspecified atom stereocenters. The maximum Gasteiger partial charge on any atom is 0.410 e. The summed E-state index contributed by atoms with van der Waals surface area (Å²) in [5, 5.41) is 22.8. The molecule has 0 radical (unpaired) electrons. The number of urea groups is 1. The van der Waals surface area contributed by atoms with Crippen molar-refractivity contribution in [1.29, 1.82) is 0 Å². The number of piperidine rings is 1. The molecule has 3 aliphatic heterocycles. The summed E-state index contributed by atoms with van der Waals surface area (Å²) >= 11 is 0. The number of nitrogens with one attached hydrogen (secondary N) is 1. The first-order chi connectivity index (χ1) is 24.6. The molecule has 1 atom stereocenters. The molecular formula is C38H52BN5O7. The van der Waals surface area contributed by atoms with Gasteiger partial charge >= 0.3 is 18.1 Å². The van der Waals surface area contributed by atoms with Crippen LogP contribution in [0.4, 0.5) is 15.3 Å². The maximum atomic E-state index is 14.1. The topological polar surface area (TPSA) is 143 Å². The van der Waals surface area contributed by atoms with Crippen LogP contribution >= 0.6 is 0 Å². The summed E-state index contributed by atoms with van der Waals surface area (Å²) in [7, 11) is 0.634. The van der Waals surface area contributed by atoms with Crippen LogP contribution in [0.25, 0.3) is 0 Å². The Kier molecular flexibility index (Phi) is 11.7. The van der Waals surface area contributed by atoms with Gasteiger partial charge in [0.1, 0.15) is 5.75 Å². The molecule has 4 aliphatic rings. The predicted molar refractivity (Wildman–Crippen MR) is 196 cm³/mol. The Balaban J connectivity index is 1.07. The number of aryl methyl sites for hydroxylation is 1. The van der Waals surface area contributed by atoms with Crippen LogP contribution in [0.2, 0.25) is 6.82 Å². The predicted octanol–water partition coefficient (Wildman–Crippen LogP) is 3.59. The highest BCUT2D eigenvalue weighted by atomic mass is 16.6. The van der Waals surface area contributed by atoms with Crippen LogP contribution in [0.3, 0.4) is 0 Å². The Labute approximate surface area is 301 Å². The number of carbonyl (C=O) groups is 4. The standard InChI is InChI=1S/C38H52BN5O7/c1-25-21-27(22-31(39-2)35(25)47)23-33(36(48)42-19-17-41(18-20-42)29-9-7-26(8-10-29)24-34(45)46)51-38(50)43-14-12-30(13-15-43)44-16-11-28-5-3-4-6-32(28)40-37(44)49/h3-6,21-22,26,29-30,33,39,47H,7-20,23-24H2,1-2H3,(H,40,49)(H,45,46)/t26?,29?,33-/m1/s1. The monoisotopic (exact) mass is 701 g/mol. The van der Waals surface area contributed by atoms with Crippen molar-refractivity contribution in [2.24, 2.45) is 5.92 Å². The molecule has 3 heterocycles. The fraction of sp³-hybridized carbons (Fsp3) is 0.579. The number of aliphatic carboxylic acids is 1. The summed E-state index contributed by atoms with van der Waals surface area (Å²) in [5.74, 6) is -0.454. The molecule has 0 spiro atoms. The number of rotatable bonds is 9. The SMILES string of the molecule is CBc1cc(C[C@@H](OC(=O)N2CCC(N3CCc4ccccc4NC3=O)CC2)C(=O)N2CCN(C3CCC(CC(=O)O)CC3)CC2)cc(C)c1O. The van der Waals surface area contributed by atoms with Gasteiger partial charge in [0, 0.05) is 76.4 Å². The zero-order chi connectivity index (χ0) is 36.1. The second-order valence-electron chi connectivity index (χ2n) is 14.7. The van der Waals surface area contributed by atoms with E-state index in [1.54, 1.807) is 9.80 Å². The van der Waals surface area contributed by atoms with Crippen molar-refractivity contribution in [1.82, 2.24) is 19.6 Å². The van der Waals surface area contributed by atoms with Gasteiger partial charge in [0.2, 0.25) is 0 Å². The summed E-state index contributed by atoms with van der Waals surface area (Å²) in [5.41, 5.74) is 4.30. The first kappa shape index (κ1) is 36.5. The van der Waals surface area contributed by atoms with Crippen LogP contribution in [-0.4, -0.2) is 125 Å². The Morgan fingerprint density at radius 2 is 1.63 bits per heavy atom. The minimum absolute atomic E-state index is 0.00302. The maximum absolute atomic E-state index is 14.1. The third-order valence-electron chi connectivity index (χ3n) is 11.5. The Bertz CT molecular complexity index is 1580. The molecule has 6 rings (SSSR count). The number of benzene rings is 2. The summed E-state index contributed by atoms with van der Waals surface area (Å²) < 4.78 is 6.08. The molecule has 1 aliphatic carbocycles. The fourth-order valence-corrected chi connectivity index (χ4v) is 8.48. The van der Waals surface area contributed by atoms with Crippen LogP contribution in [0.15, 0.2) is 36.4 Å². The largest absolute Gasteiger partial charge is 0.508 e. The van der Waals surface area contributed by atoms with E-state index in [-0.39, 0.29) is 42.5 Å². The average Bonchev–Trinajstić information content (AvgIpc) is 3.30. The third kappa shape index (κ3) is 8.80. The highest BCUT2D eigenvalue weighted by Crippen LogP contribution is 2.31. The number of phenols is 1. The average molecular weight is 702 g/mol. The number of carboxylic acids is 1. The van der Waals surface area contributed by atoms with Crippen molar-refractivity contribution in [2.75, 3.05) is 51.1 Å². The lowest BCUT2D eigenvalue weighted by Gasteiger charge is -2.42. The second-order valence-corrected chi connectivity index (χ2v) is 14.7. The van der Waals surface area contributed by atoms with E-state index < -0.39 is 18.2 Å². The number of ether oxygens (including phenoxy) is 1. The zero-order valence-electron chi connectivity index (χ0n) is 30.0. The van der Waals surface area contributed by atoms with Crippen molar-refractivity contribution >= 4 is 42.4 Å². The molecule has 2 saturated heterocycles. The van der Waals surface area contributed by atoms with Gasteiger partial charge in [-0.25, -0.2) is 9.59 Å². The number of aromatic hydroxyl groups is 1. The van der Waals surface area contributed by atoms with Gasteiger partial charge in [-0.15, -0.1) is 0 Å². The smallest absolute Gasteiger partial charge is 0.410 e. The van der Waals surface area contributed by atoms with Gasteiger partial charge in [-0.05, 0) is 86.0 Å². The number of piperazine rings is 1. The van der Waals surface area contributed by atoms with Crippen molar-refractivity contribution < 1.29 is 34.1 Å². The first-order valence-electron chi connectivity index (χ1n) is 18.8. The fourth-order valence-electron chi connectivity index (χ4n) is 8.48. The highest BCUT2D eigenvalue weighted by molar-refractivity contribution is 6.53. The molecule has 3 fully saturated rings. The number of fused-ring (bicyclic) bond motifs is 1. The molecule has 0 aromatic heterocycles. The lowest BCUT2D eigenvalue weighted by Crippen LogP contribution is -2.55. The lowest BCUT2D eigenvalue weighted by atomic mass is 9.71. The van der Waals surface area contributed by atoms with E-state index in [2.05, 4.69) is 10.2 Å². The molecule has 3 N–H and O–H groups in total. The van der Waals surface area contributed by atoms with E-state index >= 15 is 0 Å². The van der Waals surface area contributed by atoms with Crippen LogP contribution in [0.5, 0.6) is 5.75 Å². The van der Waals surface area contributed by atoms with Crippen LogP contribution in [0, 0.1) is 12.8 Å². The molecule has 274 valence electrons. The zero-order valence-corrected chi connectivity index (χ0v) is 30.0. The van der Waals surface area contributed by atoms with Gasteiger partial charge in [-0.2, -0.15) is 0 Å². The number of nitrogens with zero attached hydrogens (tertiary/aromatic N) is 4. The molecule has 2 aromatic carbocycles. The molecule has 4 amide bonds. The van der Waals surface area contributed by atoms with Crippen molar-refractivity contribution in [3.05, 3.63) is 53.1 Å². The molecule has 13 heteroatoms. The number of amides is 4. The van der Waals surface area contributed by atoms with Gasteiger partial charge in [0.05, 0.1) is 0 Å². The van der Waals surface area contributed by atoms with Crippen LogP contribution < -0.4 is 10.8 Å². The quantitative estimate of drug-likeness (QED) is 0.337. The first-order valence-corrected chi connectivity index (χ1v) is 18.8.